The monoisotopic (exact) mass is 422 g/mol. The van der Waals surface area contributed by atoms with Gasteiger partial charge in [0.1, 0.15) is 5.75 Å². The zero-order valence-electron chi connectivity index (χ0n) is 17.3. The molecule has 2 heterocycles. The third-order valence-corrected chi connectivity index (χ3v) is 6.02. The molecule has 7 nitrogen and oxygen atoms in total. The Balaban J connectivity index is 1.42. The number of nitrogens with zero attached hydrogens (tertiary/aromatic N) is 4. The van der Waals surface area contributed by atoms with Crippen molar-refractivity contribution < 1.29 is 14.3 Å². The van der Waals surface area contributed by atoms with Crippen LogP contribution in [0.4, 0.5) is 0 Å². The molecule has 2 aliphatic rings. The standard InChI is InChI=1S/C21H31ClN4O3/c1-3-23-8-12-25(13-9-23)20(27)16-24-10-14-26(15-11-24)21(28)17(2)29-19-7-5-4-6-18(19)22/h4-7,17H,3,8-16H2,1-2H3. The van der Waals surface area contributed by atoms with Crippen molar-refractivity contribution in [3.8, 4) is 5.75 Å². The highest BCUT2D eigenvalue weighted by Gasteiger charge is 2.28. The number of benzene rings is 1. The van der Waals surface area contributed by atoms with Crippen LogP contribution in [0.1, 0.15) is 13.8 Å². The van der Waals surface area contributed by atoms with Gasteiger partial charge < -0.3 is 19.4 Å². The Labute approximate surface area is 178 Å². The summed E-state index contributed by atoms with van der Waals surface area (Å²) in [5, 5.41) is 0.496. The number of halogens is 1. The minimum absolute atomic E-state index is 0.0495. The van der Waals surface area contributed by atoms with Crippen LogP contribution in [0.5, 0.6) is 5.75 Å². The van der Waals surface area contributed by atoms with E-state index in [1.54, 1.807) is 19.1 Å². The Kier molecular flexibility index (Phi) is 7.75. The van der Waals surface area contributed by atoms with E-state index in [1.807, 2.05) is 21.9 Å². The van der Waals surface area contributed by atoms with Crippen LogP contribution in [0.15, 0.2) is 24.3 Å². The molecule has 2 fully saturated rings. The van der Waals surface area contributed by atoms with Crippen molar-refractivity contribution in [3.05, 3.63) is 29.3 Å². The van der Waals surface area contributed by atoms with E-state index in [0.29, 0.717) is 43.5 Å². The number of carbonyl (C=O) groups is 2. The first-order valence-corrected chi connectivity index (χ1v) is 10.8. The smallest absolute Gasteiger partial charge is 0.263 e. The molecule has 0 aromatic heterocycles. The molecule has 1 unspecified atom stereocenters. The van der Waals surface area contributed by atoms with Gasteiger partial charge in [-0.05, 0) is 25.6 Å². The van der Waals surface area contributed by atoms with Crippen molar-refractivity contribution in [2.45, 2.75) is 20.0 Å². The molecule has 0 saturated carbocycles. The van der Waals surface area contributed by atoms with Crippen molar-refractivity contribution in [1.82, 2.24) is 19.6 Å². The topological polar surface area (TPSA) is 56.3 Å². The Hall–Kier alpha value is -1.83. The maximum absolute atomic E-state index is 12.7. The summed E-state index contributed by atoms with van der Waals surface area (Å²) in [5.41, 5.74) is 0. The summed E-state index contributed by atoms with van der Waals surface area (Å²) in [6.45, 7) is 11.5. The molecular formula is C21H31ClN4O3. The molecule has 0 radical (unpaired) electrons. The SMILES string of the molecule is CCN1CCN(C(=O)CN2CCN(C(=O)C(C)Oc3ccccc3Cl)CC2)CC1. The van der Waals surface area contributed by atoms with Gasteiger partial charge in [0.25, 0.3) is 5.91 Å². The summed E-state index contributed by atoms with van der Waals surface area (Å²) >= 11 is 6.11. The predicted molar refractivity (Wildman–Crippen MR) is 113 cm³/mol. The molecule has 1 atom stereocenters. The average Bonchev–Trinajstić information content (AvgIpc) is 2.75. The van der Waals surface area contributed by atoms with Gasteiger partial charge in [-0.1, -0.05) is 30.7 Å². The number of carbonyl (C=O) groups excluding carboxylic acids is 2. The van der Waals surface area contributed by atoms with Gasteiger partial charge in [-0.25, -0.2) is 0 Å². The van der Waals surface area contributed by atoms with Crippen LogP contribution in [-0.2, 0) is 9.59 Å². The van der Waals surface area contributed by atoms with E-state index < -0.39 is 6.10 Å². The minimum atomic E-state index is -0.599. The Bertz CT molecular complexity index is 701. The zero-order valence-corrected chi connectivity index (χ0v) is 18.1. The molecule has 2 aliphatic heterocycles. The second kappa shape index (κ2) is 10.3. The van der Waals surface area contributed by atoms with Gasteiger partial charge in [0.05, 0.1) is 11.6 Å². The highest BCUT2D eigenvalue weighted by atomic mass is 35.5. The molecule has 8 heteroatoms. The van der Waals surface area contributed by atoms with Crippen LogP contribution in [-0.4, -0.2) is 103 Å². The van der Waals surface area contributed by atoms with E-state index in [9.17, 15) is 9.59 Å². The van der Waals surface area contributed by atoms with Crippen molar-refractivity contribution in [2.75, 3.05) is 65.4 Å². The van der Waals surface area contributed by atoms with Crippen LogP contribution < -0.4 is 4.74 Å². The summed E-state index contributed by atoms with van der Waals surface area (Å²) in [7, 11) is 0. The van der Waals surface area contributed by atoms with E-state index in [0.717, 1.165) is 32.7 Å². The van der Waals surface area contributed by atoms with E-state index in [4.69, 9.17) is 16.3 Å². The molecule has 2 saturated heterocycles. The van der Waals surface area contributed by atoms with E-state index >= 15 is 0 Å². The van der Waals surface area contributed by atoms with Gasteiger partial charge in [-0.15, -0.1) is 0 Å². The number of hydrogen-bond donors (Lipinski definition) is 0. The quantitative estimate of drug-likeness (QED) is 0.694. The van der Waals surface area contributed by atoms with Gasteiger partial charge >= 0.3 is 0 Å². The third kappa shape index (κ3) is 5.84. The van der Waals surface area contributed by atoms with Crippen LogP contribution in [0.2, 0.25) is 5.02 Å². The molecule has 29 heavy (non-hydrogen) atoms. The second-order valence-electron chi connectivity index (χ2n) is 7.61. The number of amides is 2. The number of hydrogen-bond acceptors (Lipinski definition) is 5. The molecule has 1 aromatic carbocycles. The highest BCUT2D eigenvalue weighted by Crippen LogP contribution is 2.24. The fourth-order valence-corrected chi connectivity index (χ4v) is 3.95. The molecule has 3 rings (SSSR count). The summed E-state index contributed by atoms with van der Waals surface area (Å²) < 4.78 is 5.75. The molecule has 160 valence electrons. The van der Waals surface area contributed by atoms with E-state index in [-0.39, 0.29) is 11.8 Å². The van der Waals surface area contributed by atoms with Crippen molar-refractivity contribution >= 4 is 23.4 Å². The van der Waals surface area contributed by atoms with E-state index in [1.165, 1.54) is 0 Å². The van der Waals surface area contributed by atoms with Crippen LogP contribution in [0, 0.1) is 0 Å². The average molecular weight is 423 g/mol. The van der Waals surface area contributed by atoms with Crippen molar-refractivity contribution in [2.24, 2.45) is 0 Å². The number of rotatable bonds is 6. The second-order valence-corrected chi connectivity index (χ2v) is 8.01. The third-order valence-electron chi connectivity index (χ3n) is 5.70. The van der Waals surface area contributed by atoms with Crippen molar-refractivity contribution in [1.29, 1.82) is 0 Å². The van der Waals surface area contributed by atoms with Gasteiger partial charge in [-0.2, -0.15) is 0 Å². The predicted octanol–water partition coefficient (Wildman–Crippen LogP) is 1.42. The maximum Gasteiger partial charge on any atom is 0.263 e. The number of likely N-dealkylation sites (N-methyl/N-ethyl adjacent to an activating group) is 1. The summed E-state index contributed by atoms with van der Waals surface area (Å²) in [6, 6.07) is 7.16. The molecule has 0 N–H and O–H groups in total. The summed E-state index contributed by atoms with van der Waals surface area (Å²) in [5.74, 6) is 0.657. The number of para-hydroxylation sites is 1. The first-order chi connectivity index (χ1) is 14.0. The normalized spacial score (nSPS) is 19.8. The first kappa shape index (κ1) is 21.9. The van der Waals surface area contributed by atoms with Gasteiger partial charge in [0, 0.05) is 52.4 Å². The lowest BCUT2D eigenvalue weighted by Crippen LogP contribution is -2.55. The van der Waals surface area contributed by atoms with Crippen LogP contribution >= 0.6 is 11.6 Å². The lowest BCUT2D eigenvalue weighted by Gasteiger charge is -2.38. The molecule has 0 bridgehead atoms. The lowest BCUT2D eigenvalue weighted by molar-refractivity contribution is -0.140. The Morgan fingerprint density at radius 3 is 2.17 bits per heavy atom. The van der Waals surface area contributed by atoms with Gasteiger partial charge in [0.15, 0.2) is 6.10 Å². The van der Waals surface area contributed by atoms with Gasteiger partial charge in [-0.3, -0.25) is 14.5 Å². The maximum atomic E-state index is 12.7. The molecule has 0 aliphatic carbocycles. The van der Waals surface area contributed by atoms with Crippen LogP contribution in [0.3, 0.4) is 0 Å². The number of piperazine rings is 2. The van der Waals surface area contributed by atoms with E-state index in [2.05, 4.69) is 16.7 Å². The molecular weight excluding hydrogens is 392 g/mol. The molecule has 1 aromatic rings. The number of ether oxygens (including phenoxy) is 1. The van der Waals surface area contributed by atoms with Crippen LogP contribution in [0.25, 0.3) is 0 Å². The summed E-state index contributed by atoms with van der Waals surface area (Å²) in [6.07, 6.45) is -0.599. The fraction of sp³-hybridized carbons (Fsp3) is 0.619. The van der Waals surface area contributed by atoms with Crippen molar-refractivity contribution in [3.63, 3.8) is 0 Å². The Morgan fingerprint density at radius 2 is 1.55 bits per heavy atom. The molecule has 0 spiro atoms. The zero-order chi connectivity index (χ0) is 20.8. The fourth-order valence-electron chi connectivity index (χ4n) is 3.77. The summed E-state index contributed by atoms with van der Waals surface area (Å²) in [4.78, 5) is 33.5. The van der Waals surface area contributed by atoms with Gasteiger partial charge in [0.2, 0.25) is 5.91 Å². The lowest BCUT2D eigenvalue weighted by atomic mass is 10.2. The first-order valence-electron chi connectivity index (χ1n) is 10.4. The highest BCUT2D eigenvalue weighted by molar-refractivity contribution is 6.32. The minimum Gasteiger partial charge on any atom is -0.479 e. The largest absolute Gasteiger partial charge is 0.479 e. The molecule has 2 amide bonds. The Morgan fingerprint density at radius 1 is 0.966 bits per heavy atom.